The fourth-order valence-electron chi connectivity index (χ4n) is 2.61. The first-order valence-corrected chi connectivity index (χ1v) is 9.70. The summed E-state index contributed by atoms with van der Waals surface area (Å²) in [7, 11) is 0. The number of β-amino-alcohol motifs (C(OH)–C–C–N with tert-alkyl or cyclic N) is 1. The van der Waals surface area contributed by atoms with Crippen LogP contribution in [0.2, 0.25) is 0 Å². The van der Waals surface area contributed by atoms with Crippen molar-refractivity contribution in [2.75, 3.05) is 65.7 Å². The topological polar surface area (TPSA) is 78.3 Å². The van der Waals surface area contributed by atoms with Crippen LogP contribution in [-0.2, 0) is 9.47 Å². The number of nitrogens with zero attached hydrogens (tertiary/aromatic N) is 2. The van der Waals surface area contributed by atoms with Crippen LogP contribution in [-0.4, -0.2) is 87.3 Å². The lowest BCUT2D eigenvalue weighted by Crippen LogP contribution is -2.48. The Balaban J connectivity index is 2.29. The van der Waals surface area contributed by atoms with E-state index in [1.165, 1.54) is 6.42 Å². The number of hydrogen-bond acceptors (Lipinski definition) is 5. The lowest BCUT2D eigenvalue weighted by molar-refractivity contribution is -0.0180. The summed E-state index contributed by atoms with van der Waals surface area (Å²) in [6.07, 6.45) is 3.23. The van der Waals surface area contributed by atoms with Gasteiger partial charge in [-0.15, -0.1) is 0 Å². The predicted octanol–water partition coefficient (Wildman–Crippen LogP) is 0.832. The summed E-state index contributed by atoms with van der Waals surface area (Å²) >= 11 is 0. The smallest absolute Gasteiger partial charge is 0.191 e. The molecule has 0 saturated carbocycles. The highest BCUT2D eigenvalue weighted by Crippen LogP contribution is 2.09. The number of guanidine groups is 1. The minimum absolute atomic E-state index is 0.368. The van der Waals surface area contributed by atoms with Crippen LogP contribution in [0, 0.1) is 0 Å². The summed E-state index contributed by atoms with van der Waals surface area (Å²) < 4.78 is 10.9. The van der Waals surface area contributed by atoms with Crippen molar-refractivity contribution in [1.82, 2.24) is 15.5 Å². The molecule has 25 heavy (non-hydrogen) atoms. The van der Waals surface area contributed by atoms with Crippen LogP contribution in [0.3, 0.4) is 0 Å². The van der Waals surface area contributed by atoms with Crippen molar-refractivity contribution in [3.63, 3.8) is 0 Å². The molecular formula is C18H38N4O3. The largest absolute Gasteiger partial charge is 0.387 e. The van der Waals surface area contributed by atoms with E-state index in [2.05, 4.69) is 27.4 Å². The first-order chi connectivity index (χ1) is 12.1. The number of hydrogen-bond donors (Lipinski definition) is 3. The highest BCUT2D eigenvalue weighted by Gasteiger charge is 2.25. The average Bonchev–Trinajstić information content (AvgIpc) is 2.59. The zero-order valence-corrected chi connectivity index (χ0v) is 16.4. The molecule has 7 heteroatoms. The second kappa shape index (κ2) is 13.3. The lowest BCUT2D eigenvalue weighted by atomic mass is 10.1. The van der Waals surface area contributed by atoms with Crippen molar-refractivity contribution in [1.29, 1.82) is 0 Å². The minimum Gasteiger partial charge on any atom is -0.387 e. The van der Waals surface area contributed by atoms with E-state index in [0.717, 1.165) is 71.4 Å². The van der Waals surface area contributed by atoms with Gasteiger partial charge in [0, 0.05) is 45.9 Å². The van der Waals surface area contributed by atoms with Crippen LogP contribution in [0.5, 0.6) is 0 Å². The Morgan fingerprint density at radius 1 is 1.20 bits per heavy atom. The van der Waals surface area contributed by atoms with Crippen molar-refractivity contribution < 1.29 is 14.6 Å². The standard InChI is InChI=1S/C18H38N4O3/c1-4-6-11-24-12-7-8-20-17(19-5-2)21-15-18(3,23)16-22-9-13-25-14-10-22/h23H,4-16H2,1-3H3,(H2,19,20,21). The monoisotopic (exact) mass is 358 g/mol. The molecule has 1 saturated heterocycles. The van der Waals surface area contributed by atoms with Gasteiger partial charge in [0.25, 0.3) is 0 Å². The molecule has 1 rings (SSSR count). The maximum absolute atomic E-state index is 10.6. The van der Waals surface area contributed by atoms with E-state index < -0.39 is 5.60 Å². The number of ether oxygens (including phenoxy) is 2. The molecule has 0 aromatic rings. The summed E-state index contributed by atoms with van der Waals surface area (Å²) in [5.41, 5.74) is -0.844. The highest BCUT2D eigenvalue weighted by atomic mass is 16.5. The number of nitrogens with one attached hydrogen (secondary N) is 2. The molecule has 3 N–H and O–H groups in total. The van der Waals surface area contributed by atoms with Crippen LogP contribution >= 0.6 is 0 Å². The number of aliphatic imine (C=N–C) groups is 1. The summed E-state index contributed by atoms with van der Waals surface area (Å²) in [5.74, 6) is 0.748. The molecule has 1 atom stereocenters. The Morgan fingerprint density at radius 3 is 2.60 bits per heavy atom. The van der Waals surface area contributed by atoms with E-state index in [1.54, 1.807) is 0 Å². The molecule has 1 heterocycles. The van der Waals surface area contributed by atoms with Gasteiger partial charge in [-0.05, 0) is 26.7 Å². The first kappa shape index (κ1) is 22.2. The van der Waals surface area contributed by atoms with E-state index in [0.29, 0.717) is 13.1 Å². The van der Waals surface area contributed by atoms with E-state index in [4.69, 9.17) is 9.47 Å². The van der Waals surface area contributed by atoms with Gasteiger partial charge in [-0.2, -0.15) is 0 Å². The molecule has 1 fully saturated rings. The van der Waals surface area contributed by atoms with E-state index in [1.807, 2.05) is 13.8 Å². The number of unbranched alkanes of at least 4 members (excludes halogenated alkanes) is 1. The second-order valence-corrected chi connectivity index (χ2v) is 6.83. The zero-order valence-electron chi connectivity index (χ0n) is 16.4. The SMILES string of the molecule is CCCCOCCCNC(=NCC(C)(O)CN1CCOCC1)NCC. The number of morpholine rings is 1. The maximum Gasteiger partial charge on any atom is 0.191 e. The highest BCUT2D eigenvalue weighted by molar-refractivity contribution is 5.79. The van der Waals surface area contributed by atoms with Crippen LogP contribution < -0.4 is 10.6 Å². The van der Waals surface area contributed by atoms with Crippen LogP contribution in [0.25, 0.3) is 0 Å². The van der Waals surface area contributed by atoms with Gasteiger partial charge in [0.15, 0.2) is 5.96 Å². The Hall–Kier alpha value is -0.890. The predicted molar refractivity (Wildman–Crippen MR) is 102 cm³/mol. The Bertz CT molecular complexity index is 358. The van der Waals surface area contributed by atoms with Gasteiger partial charge in [0.1, 0.15) is 0 Å². The summed E-state index contributed by atoms with van der Waals surface area (Å²) in [6, 6.07) is 0. The molecular weight excluding hydrogens is 320 g/mol. The maximum atomic E-state index is 10.6. The van der Waals surface area contributed by atoms with Gasteiger partial charge in [-0.3, -0.25) is 9.89 Å². The normalized spacial score (nSPS) is 18.8. The van der Waals surface area contributed by atoms with Gasteiger partial charge in [0.2, 0.25) is 0 Å². The van der Waals surface area contributed by atoms with E-state index in [-0.39, 0.29) is 0 Å². The van der Waals surface area contributed by atoms with Crippen molar-refractivity contribution in [3.8, 4) is 0 Å². The number of aliphatic hydroxyl groups is 1. The zero-order chi connectivity index (χ0) is 18.4. The molecule has 1 unspecified atom stereocenters. The van der Waals surface area contributed by atoms with Crippen molar-refractivity contribution >= 4 is 5.96 Å². The van der Waals surface area contributed by atoms with Crippen molar-refractivity contribution in [2.24, 2.45) is 4.99 Å². The van der Waals surface area contributed by atoms with Gasteiger partial charge < -0.3 is 25.2 Å². The Labute approximate surface area is 153 Å². The van der Waals surface area contributed by atoms with Gasteiger partial charge in [0.05, 0.1) is 25.4 Å². The van der Waals surface area contributed by atoms with Gasteiger partial charge >= 0.3 is 0 Å². The lowest BCUT2D eigenvalue weighted by Gasteiger charge is -2.33. The third-order valence-electron chi connectivity index (χ3n) is 3.99. The summed E-state index contributed by atoms with van der Waals surface area (Å²) in [5, 5.41) is 17.1. The molecule has 0 aromatic heterocycles. The van der Waals surface area contributed by atoms with E-state index >= 15 is 0 Å². The van der Waals surface area contributed by atoms with Gasteiger partial charge in [-0.1, -0.05) is 13.3 Å². The van der Waals surface area contributed by atoms with Crippen molar-refractivity contribution in [2.45, 2.75) is 45.6 Å². The summed E-state index contributed by atoms with van der Waals surface area (Å²) in [4.78, 5) is 6.77. The molecule has 7 nitrogen and oxygen atoms in total. The Morgan fingerprint density at radius 2 is 1.92 bits per heavy atom. The van der Waals surface area contributed by atoms with Crippen LogP contribution in [0.15, 0.2) is 4.99 Å². The molecule has 148 valence electrons. The van der Waals surface area contributed by atoms with Crippen LogP contribution in [0.1, 0.15) is 40.0 Å². The molecule has 1 aliphatic rings. The van der Waals surface area contributed by atoms with E-state index in [9.17, 15) is 5.11 Å². The third-order valence-corrected chi connectivity index (χ3v) is 3.99. The molecule has 0 aromatic carbocycles. The molecule has 0 bridgehead atoms. The minimum atomic E-state index is -0.844. The quantitative estimate of drug-likeness (QED) is 0.272. The molecule has 0 amide bonds. The first-order valence-electron chi connectivity index (χ1n) is 9.70. The van der Waals surface area contributed by atoms with Crippen molar-refractivity contribution in [3.05, 3.63) is 0 Å². The number of rotatable bonds is 12. The van der Waals surface area contributed by atoms with Crippen LogP contribution in [0.4, 0.5) is 0 Å². The fraction of sp³-hybridized carbons (Fsp3) is 0.944. The average molecular weight is 359 g/mol. The fourth-order valence-corrected chi connectivity index (χ4v) is 2.61. The molecule has 0 spiro atoms. The molecule has 1 aliphatic heterocycles. The third kappa shape index (κ3) is 11.4. The van der Waals surface area contributed by atoms with Gasteiger partial charge in [-0.25, -0.2) is 0 Å². The summed E-state index contributed by atoms with van der Waals surface area (Å²) in [6.45, 7) is 13.5. The molecule has 0 radical (unpaired) electrons. The Kier molecular flexibility index (Phi) is 11.8. The second-order valence-electron chi connectivity index (χ2n) is 6.83. The molecule has 0 aliphatic carbocycles.